The van der Waals surface area contributed by atoms with Crippen LogP contribution in [0.5, 0.6) is 5.75 Å². The fourth-order valence-corrected chi connectivity index (χ4v) is 4.52. The lowest BCUT2D eigenvalue weighted by atomic mass is 9.78. The van der Waals surface area contributed by atoms with Gasteiger partial charge in [0.2, 0.25) is 5.95 Å². The van der Waals surface area contributed by atoms with Crippen molar-refractivity contribution in [2.75, 3.05) is 12.4 Å². The van der Waals surface area contributed by atoms with E-state index in [2.05, 4.69) is 15.4 Å². The Morgan fingerprint density at radius 3 is 2.36 bits per heavy atom. The van der Waals surface area contributed by atoms with Crippen LogP contribution in [0, 0.1) is 0 Å². The first-order valence-electron chi connectivity index (χ1n) is 10.2. The number of fused-ring (bicyclic) bond motifs is 1. The van der Waals surface area contributed by atoms with Crippen molar-refractivity contribution < 1.29 is 22.7 Å². The summed E-state index contributed by atoms with van der Waals surface area (Å²) in [4.78, 5) is 17.0. The van der Waals surface area contributed by atoms with Gasteiger partial charge in [-0.25, -0.2) is 4.68 Å². The number of hydrogen-bond donors (Lipinski definition) is 1. The standard InChI is InChI=1S/C23H18ClF3N4O2/c1-33-16-8-4-12(5-9-16)14-10-17-19(18(32)11-14)20(13-2-6-15(24)7-3-13)31-22(28-17)29-21(30-31)23(25,26)27/h2-9,14,20H,10-11H2,1H3,(H,28,29,30). The molecule has 2 heterocycles. The molecular formula is C23H18ClF3N4O2. The van der Waals surface area contributed by atoms with Crippen molar-refractivity contribution in [2.45, 2.75) is 31.0 Å². The van der Waals surface area contributed by atoms with Gasteiger partial charge in [0.1, 0.15) is 11.8 Å². The summed E-state index contributed by atoms with van der Waals surface area (Å²) in [5.74, 6) is -0.893. The molecule has 2 unspecified atom stereocenters. The molecule has 2 aliphatic rings. The molecule has 5 rings (SSSR count). The first kappa shape index (κ1) is 21.5. The molecule has 1 N–H and O–H groups in total. The van der Waals surface area contributed by atoms with Crippen molar-refractivity contribution >= 4 is 23.3 Å². The highest BCUT2D eigenvalue weighted by atomic mass is 35.5. The van der Waals surface area contributed by atoms with Crippen LogP contribution in [0.3, 0.4) is 0 Å². The van der Waals surface area contributed by atoms with E-state index in [1.54, 1.807) is 31.4 Å². The first-order valence-corrected chi connectivity index (χ1v) is 10.6. The summed E-state index contributed by atoms with van der Waals surface area (Å²) in [6.45, 7) is 0. The topological polar surface area (TPSA) is 69.0 Å². The van der Waals surface area contributed by atoms with Gasteiger partial charge in [-0.2, -0.15) is 18.2 Å². The van der Waals surface area contributed by atoms with E-state index in [0.717, 1.165) is 10.2 Å². The molecule has 1 aromatic heterocycles. The Hall–Kier alpha value is -3.33. The van der Waals surface area contributed by atoms with Gasteiger partial charge in [0.15, 0.2) is 5.78 Å². The van der Waals surface area contributed by atoms with Crippen LogP contribution in [-0.4, -0.2) is 27.7 Å². The zero-order valence-electron chi connectivity index (χ0n) is 17.4. The van der Waals surface area contributed by atoms with Gasteiger partial charge in [0, 0.05) is 22.7 Å². The number of benzene rings is 2. The highest BCUT2D eigenvalue weighted by Crippen LogP contribution is 2.45. The number of nitrogens with one attached hydrogen (secondary N) is 1. The van der Waals surface area contributed by atoms with Gasteiger partial charge in [-0.3, -0.25) is 4.79 Å². The number of hydrogen-bond acceptors (Lipinski definition) is 5. The molecule has 0 fully saturated rings. The third kappa shape index (κ3) is 3.86. The Morgan fingerprint density at radius 1 is 1.06 bits per heavy atom. The molecular weight excluding hydrogens is 457 g/mol. The SMILES string of the molecule is COc1ccc(C2CC(=O)C3=C(C2)Nc2nc(C(F)(F)F)nn2C3c2ccc(Cl)cc2)cc1. The lowest BCUT2D eigenvalue weighted by Gasteiger charge is -2.35. The van der Waals surface area contributed by atoms with Gasteiger partial charge in [0.05, 0.1) is 7.11 Å². The molecule has 6 nitrogen and oxygen atoms in total. The maximum atomic E-state index is 13.4. The molecule has 0 amide bonds. The third-order valence-electron chi connectivity index (χ3n) is 5.95. The molecule has 0 spiro atoms. The zero-order chi connectivity index (χ0) is 23.3. The average molecular weight is 475 g/mol. The Labute approximate surface area is 192 Å². The van der Waals surface area contributed by atoms with Gasteiger partial charge in [-0.05, 0) is 47.7 Å². The highest BCUT2D eigenvalue weighted by Gasteiger charge is 2.43. The Kier molecular flexibility index (Phi) is 5.16. The molecule has 0 bridgehead atoms. The lowest BCUT2D eigenvalue weighted by molar-refractivity contribution is -0.145. The van der Waals surface area contributed by atoms with Crippen LogP contribution in [-0.2, 0) is 11.0 Å². The number of allylic oxidation sites excluding steroid dienone is 2. The van der Waals surface area contributed by atoms with Crippen molar-refractivity contribution in [3.8, 4) is 5.75 Å². The molecule has 33 heavy (non-hydrogen) atoms. The second-order valence-electron chi connectivity index (χ2n) is 7.97. The van der Waals surface area contributed by atoms with Gasteiger partial charge in [0.25, 0.3) is 5.82 Å². The number of rotatable bonds is 3. The molecule has 3 aromatic rings. The number of aromatic nitrogens is 3. The predicted molar refractivity (Wildman–Crippen MR) is 115 cm³/mol. The lowest BCUT2D eigenvalue weighted by Crippen LogP contribution is -2.33. The average Bonchev–Trinajstić information content (AvgIpc) is 3.23. The number of carbonyl (C=O) groups excluding carboxylic acids is 1. The number of halogens is 4. The minimum Gasteiger partial charge on any atom is -0.497 e. The van der Waals surface area contributed by atoms with Gasteiger partial charge < -0.3 is 10.1 Å². The van der Waals surface area contributed by atoms with Crippen molar-refractivity contribution in [3.05, 3.63) is 81.8 Å². The molecule has 10 heteroatoms. The minimum absolute atomic E-state index is 0.0517. The van der Waals surface area contributed by atoms with Gasteiger partial charge in [-0.15, -0.1) is 5.10 Å². The smallest absolute Gasteiger partial charge is 0.453 e. The number of alkyl halides is 3. The maximum absolute atomic E-state index is 13.4. The summed E-state index contributed by atoms with van der Waals surface area (Å²) in [7, 11) is 1.57. The number of ketones is 1. The number of ether oxygens (including phenoxy) is 1. The van der Waals surface area contributed by atoms with Crippen molar-refractivity contribution in [3.63, 3.8) is 0 Å². The summed E-state index contributed by atoms with van der Waals surface area (Å²) >= 11 is 6.01. The molecule has 2 atom stereocenters. The van der Waals surface area contributed by atoms with Crippen LogP contribution >= 0.6 is 11.6 Å². The van der Waals surface area contributed by atoms with Gasteiger partial charge in [-0.1, -0.05) is 35.9 Å². The number of nitrogens with zero attached hydrogens (tertiary/aromatic N) is 3. The van der Waals surface area contributed by atoms with E-state index in [4.69, 9.17) is 16.3 Å². The van der Waals surface area contributed by atoms with Crippen molar-refractivity contribution in [1.82, 2.24) is 14.8 Å². The van der Waals surface area contributed by atoms with E-state index >= 15 is 0 Å². The monoisotopic (exact) mass is 474 g/mol. The fourth-order valence-electron chi connectivity index (χ4n) is 4.40. The molecule has 1 aliphatic carbocycles. The van der Waals surface area contributed by atoms with E-state index < -0.39 is 18.0 Å². The van der Waals surface area contributed by atoms with Crippen LogP contribution < -0.4 is 10.1 Å². The summed E-state index contributed by atoms with van der Waals surface area (Å²) in [6, 6.07) is 13.2. The van der Waals surface area contributed by atoms with Gasteiger partial charge >= 0.3 is 6.18 Å². The summed E-state index contributed by atoms with van der Waals surface area (Å²) < 4.78 is 46.5. The minimum atomic E-state index is -4.72. The molecule has 0 radical (unpaired) electrons. The van der Waals surface area contributed by atoms with E-state index in [1.165, 1.54) is 0 Å². The van der Waals surface area contributed by atoms with Crippen LogP contribution in [0.25, 0.3) is 0 Å². The molecule has 1 aliphatic heterocycles. The number of anilines is 1. The zero-order valence-corrected chi connectivity index (χ0v) is 18.1. The quantitative estimate of drug-likeness (QED) is 0.552. The number of methoxy groups -OCH3 is 1. The largest absolute Gasteiger partial charge is 0.497 e. The van der Waals surface area contributed by atoms with E-state index in [9.17, 15) is 18.0 Å². The first-order chi connectivity index (χ1) is 15.7. The van der Waals surface area contributed by atoms with Crippen molar-refractivity contribution in [2.24, 2.45) is 0 Å². The highest BCUT2D eigenvalue weighted by molar-refractivity contribution is 6.30. The summed E-state index contributed by atoms with van der Waals surface area (Å²) in [5.41, 5.74) is 2.50. The maximum Gasteiger partial charge on any atom is 0.453 e. The van der Waals surface area contributed by atoms with Crippen LogP contribution in [0.15, 0.2) is 59.8 Å². The molecule has 2 aromatic carbocycles. The Bertz CT molecular complexity index is 1250. The predicted octanol–water partition coefficient (Wildman–Crippen LogP) is 5.37. The normalized spacial score (nSPS) is 20.2. The van der Waals surface area contributed by atoms with Crippen LogP contribution in [0.1, 0.15) is 41.8 Å². The Morgan fingerprint density at radius 2 is 1.73 bits per heavy atom. The van der Waals surface area contributed by atoms with Crippen LogP contribution in [0.4, 0.5) is 19.1 Å². The fraction of sp³-hybridized carbons (Fsp3) is 0.261. The van der Waals surface area contributed by atoms with E-state index in [-0.39, 0.29) is 24.1 Å². The second-order valence-corrected chi connectivity index (χ2v) is 8.41. The van der Waals surface area contributed by atoms with Crippen LogP contribution in [0.2, 0.25) is 5.02 Å². The summed E-state index contributed by atoms with van der Waals surface area (Å²) in [6.07, 6.45) is -4.04. The number of Topliss-reactive ketones (excluding diaryl/α,β-unsaturated/α-hetero) is 1. The third-order valence-corrected chi connectivity index (χ3v) is 6.20. The van der Waals surface area contributed by atoms with E-state index in [1.807, 2.05) is 24.3 Å². The number of carbonyl (C=O) groups is 1. The molecule has 0 saturated heterocycles. The Balaban J connectivity index is 1.59. The van der Waals surface area contributed by atoms with Crippen molar-refractivity contribution in [1.29, 1.82) is 0 Å². The molecule has 170 valence electrons. The van der Waals surface area contributed by atoms with E-state index in [0.29, 0.717) is 34.0 Å². The summed E-state index contributed by atoms with van der Waals surface area (Å²) in [5, 5.41) is 7.14. The second kappa shape index (κ2) is 7.91. The molecule has 0 saturated carbocycles.